The Labute approximate surface area is 115 Å². The van der Waals surface area contributed by atoms with Crippen LogP contribution in [0, 0.1) is 10.1 Å². The van der Waals surface area contributed by atoms with E-state index in [9.17, 15) is 10.1 Å². The Balaban J connectivity index is 1.76. The second kappa shape index (κ2) is 5.46. The lowest BCUT2D eigenvalue weighted by Gasteiger charge is -2.09. The average molecular weight is 276 g/mol. The first-order chi connectivity index (χ1) is 9.75. The SMILES string of the molecule is O=[N+]([O-])c1c(NCC[C@@H]2CCCO2)nc2ccccn12. The summed E-state index contributed by atoms with van der Waals surface area (Å²) in [5, 5.41) is 14.3. The highest BCUT2D eigenvalue weighted by atomic mass is 16.6. The number of aromatic nitrogens is 2. The molecule has 1 aliphatic heterocycles. The number of hydrogen-bond acceptors (Lipinski definition) is 5. The average Bonchev–Trinajstić information content (AvgIpc) is 3.05. The van der Waals surface area contributed by atoms with E-state index in [0.29, 0.717) is 18.0 Å². The third-order valence-electron chi connectivity index (χ3n) is 3.46. The van der Waals surface area contributed by atoms with Gasteiger partial charge in [-0.25, -0.2) is 0 Å². The third-order valence-corrected chi connectivity index (χ3v) is 3.46. The van der Waals surface area contributed by atoms with Crippen LogP contribution in [0.25, 0.3) is 5.65 Å². The predicted octanol–water partition coefficient (Wildman–Crippen LogP) is 2.22. The summed E-state index contributed by atoms with van der Waals surface area (Å²) >= 11 is 0. The molecule has 3 rings (SSSR count). The summed E-state index contributed by atoms with van der Waals surface area (Å²) in [4.78, 5) is 15.1. The number of rotatable bonds is 5. The van der Waals surface area contributed by atoms with Crippen molar-refractivity contribution in [3.63, 3.8) is 0 Å². The second-order valence-corrected chi connectivity index (χ2v) is 4.82. The monoisotopic (exact) mass is 276 g/mol. The van der Waals surface area contributed by atoms with Crippen LogP contribution in [0.3, 0.4) is 0 Å². The van der Waals surface area contributed by atoms with Gasteiger partial charge in [0.2, 0.25) is 11.5 Å². The lowest BCUT2D eigenvalue weighted by atomic mass is 10.2. The Morgan fingerprint density at radius 2 is 2.45 bits per heavy atom. The summed E-state index contributed by atoms with van der Waals surface area (Å²) in [7, 11) is 0. The largest absolute Gasteiger partial charge is 0.378 e. The smallest absolute Gasteiger partial charge is 0.372 e. The molecule has 2 aromatic heterocycles. The molecule has 0 radical (unpaired) electrons. The van der Waals surface area contributed by atoms with Crippen LogP contribution in [0.2, 0.25) is 0 Å². The van der Waals surface area contributed by atoms with E-state index in [1.54, 1.807) is 18.3 Å². The fourth-order valence-corrected chi connectivity index (χ4v) is 2.50. The fourth-order valence-electron chi connectivity index (χ4n) is 2.50. The number of nitrogens with zero attached hydrogens (tertiary/aromatic N) is 3. The van der Waals surface area contributed by atoms with Crippen LogP contribution >= 0.6 is 0 Å². The van der Waals surface area contributed by atoms with Crippen molar-refractivity contribution in [1.29, 1.82) is 0 Å². The van der Waals surface area contributed by atoms with Gasteiger partial charge >= 0.3 is 5.82 Å². The van der Waals surface area contributed by atoms with Crippen molar-refractivity contribution in [2.45, 2.75) is 25.4 Å². The highest BCUT2D eigenvalue weighted by molar-refractivity contribution is 5.62. The number of fused-ring (bicyclic) bond motifs is 1. The van der Waals surface area contributed by atoms with E-state index in [0.717, 1.165) is 25.9 Å². The number of hydrogen-bond donors (Lipinski definition) is 1. The van der Waals surface area contributed by atoms with Crippen molar-refractivity contribution in [1.82, 2.24) is 9.38 Å². The maximum atomic E-state index is 11.2. The molecule has 1 atom stereocenters. The standard InChI is InChI=1S/C13H16N4O3/c18-17(19)13-12(14-7-6-10-4-3-9-20-10)15-11-5-1-2-8-16(11)13/h1-2,5,8,10,14H,3-4,6-7,9H2/t10-/m0/s1. The topological polar surface area (TPSA) is 81.7 Å². The van der Waals surface area contributed by atoms with Crippen molar-refractivity contribution in [2.24, 2.45) is 0 Å². The van der Waals surface area contributed by atoms with Crippen LogP contribution in [0.1, 0.15) is 19.3 Å². The summed E-state index contributed by atoms with van der Waals surface area (Å²) in [6.07, 6.45) is 4.91. The van der Waals surface area contributed by atoms with Gasteiger partial charge in [0.25, 0.3) is 0 Å². The second-order valence-electron chi connectivity index (χ2n) is 4.82. The van der Waals surface area contributed by atoms with Crippen molar-refractivity contribution in [2.75, 3.05) is 18.5 Å². The highest BCUT2D eigenvalue weighted by Crippen LogP contribution is 2.25. The zero-order chi connectivity index (χ0) is 13.9. The van der Waals surface area contributed by atoms with Crippen LogP contribution < -0.4 is 5.32 Å². The molecule has 0 bridgehead atoms. The molecule has 106 valence electrons. The molecule has 1 fully saturated rings. The number of nitro groups is 1. The van der Waals surface area contributed by atoms with Crippen molar-refractivity contribution in [3.8, 4) is 0 Å². The molecule has 20 heavy (non-hydrogen) atoms. The van der Waals surface area contributed by atoms with Crippen molar-refractivity contribution >= 4 is 17.3 Å². The maximum absolute atomic E-state index is 11.2. The third kappa shape index (κ3) is 2.44. The quantitative estimate of drug-likeness (QED) is 0.669. The van der Waals surface area contributed by atoms with Gasteiger partial charge in [-0.05, 0) is 30.3 Å². The minimum atomic E-state index is -0.408. The minimum Gasteiger partial charge on any atom is -0.378 e. The van der Waals surface area contributed by atoms with Gasteiger partial charge in [-0.3, -0.25) is 0 Å². The molecular formula is C13H16N4O3. The lowest BCUT2D eigenvalue weighted by Crippen LogP contribution is -2.13. The van der Waals surface area contributed by atoms with Crippen molar-refractivity contribution in [3.05, 3.63) is 34.5 Å². The molecule has 1 saturated heterocycles. The normalized spacial score (nSPS) is 18.5. The number of anilines is 1. The Morgan fingerprint density at radius 1 is 1.55 bits per heavy atom. The summed E-state index contributed by atoms with van der Waals surface area (Å²) in [6, 6.07) is 5.30. The molecular weight excluding hydrogens is 260 g/mol. The van der Waals surface area contributed by atoms with Crippen LogP contribution in [0.5, 0.6) is 0 Å². The zero-order valence-corrected chi connectivity index (χ0v) is 11.0. The summed E-state index contributed by atoms with van der Waals surface area (Å²) < 4.78 is 7.01. The zero-order valence-electron chi connectivity index (χ0n) is 11.0. The van der Waals surface area contributed by atoms with E-state index in [2.05, 4.69) is 10.3 Å². The number of nitrogens with one attached hydrogen (secondary N) is 1. The first-order valence-corrected chi connectivity index (χ1v) is 6.72. The van der Waals surface area contributed by atoms with Gasteiger partial charge in [-0.15, -0.1) is 0 Å². The summed E-state index contributed by atoms with van der Waals surface area (Å²) in [5.41, 5.74) is 0.568. The first kappa shape index (κ1) is 12.9. The Morgan fingerprint density at radius 3 is 3.20 bits per heavy atom. The van der Waals surface area contributed by atoms with Gasteiger partial charge in [0, 0.05) is 19.2 Å². The molecule has 0 unspecified atom stereocenters. The van der Waals surface area contributed by atoms with E-state index in [-0.39, 0.29) is 11.9 Å². The molecule has 7 nitrogen and oxygen atoms in total. The summed E-state index contributed by atoms with van der Waals surface area (Å²) in [5.74, 6) is 0.298. The fraction of sp³-hybridized carbons (Fsp3) is 0.462. The Kier molecular flexibility index (Phi) is 3.51. The Bertz CT molecular complexity index is 619. The van der Waals surface area contributed by atoms with Crippen LogP contribution in [0.4, 0.5) is 11.6 Å². The summed E-state index contributed by atoms with van der Waals surface area (Å²) in [6.45, 7) is 1.44. The Hall–Kier alpha value is -2.15. The van der Waals surface area contributed by atoms with Crippen molar-refractivity contribution < 1.29 is 9.66 Å². The van der Waals surface area contributed by atoms with Gasteiger partial charge in [0.1, 0.15) is 0 Å². The molecule has 0 aliphatic carbocycles. The molecule has 2 aromatic rings. The minimum absolute atomic E-state index is 0.0204. The molecule has 1 aliphatic rings. The van der Waals surface area contributed by atoms with Crippen LogP contribution in [-0.4, -0.2) is 33.6 Å². The number of ether oxygens (including phenoxy) is 1. The van der Waals surface area contributed by atoms with E-state index in [1.807, 2.05) is 6.07 Å². The van der Waals surface area contributed by atoms with Gasteiger partial charge in [0.15, 0.2) is 0 Å². The predicted molar refractivity (Wildman–Crippen MR) is 73.9 cm³/mol. The maximum Gasteiger partial charge on any atom is 0.372 e. The number of pyridine rings is 1. The molecule has 1 N–H and O–H groups in total. The van der Waals surface area contributed by atoms with E-state index in [4.69, 9.17) is 4.74 Å². The van der Waals surface area contributed by atoms with E-state index in [1.165, 1.54) is 4.40 Å². The number of imidazole rings is 1. The van der Waals surface area contributed by atoms with E-state index < -0.39 is 4.92 Å². The lowest BCUT2D eigenvalue weighted by molar-refractivity contribution is -0.389. The molecule has 0 saturated carbocycles. The van der Waals surface area contributed by atoms with E-state index >= 15 is 0 Å². The van der Waals surface area contributed by atoms with Gasteiger partial charge in [0.05, 0.1) is 12.3 Å². The molecule has 0 aromatic carbocycles. The van der Waals surface area contributed by atoms with Gasteiger partial charge < -0.3 is 20.2 Å². The van der Waals surface area contributed by atoms with Gasteiger partial charge in [-0.1, -0.05) is 6.07 Å². The van der Waals surface area contributed by atoms with Gasteiger partial charge in [-0.2, -0.15) is 9.38 Å². The molecule has 0 amide bonds. The van der Waals surface area contributed by atoms with Crippen LogP contribution in [0.15, 0.2) is 24.4 Å². The molecule has 0 spiro atoms. The molecule has 7 heteroatoms. The highest BCUT2D eigenvalue weighted by Gasteiger charge is 2.22. The molecule has 3 heterocycles. The van der Waals surface area contributed by atoms with Crippen LogP contribution in [-0.2, 0) is 4.74 Å². The first-order valence-electron chi connectivity index (χ1n) is 6.72.